The third-order valence-electron chi connectivity index (χ3n) is 4.09. The maximum atomic E-state index is 12.5. The Morgan fingerprint density at radius 1 is 1.10 bits per heavy atom. The first kappa shape index (κ1) is 23.9. The molecule has 2 aromatic carbocycles. The largest absolute Gasteiger partial charge is 0.484 e. The van der Waals surface area contributed by atoms with Gasteiger partial charge in [-0.05, 0) is 54.3 Å². The Morgan fingerprint density at radius 2 is 1.74 bits per heavy atom. The second kappa shape index (κ2) is 11.7. The van der Waals surface area contributed by atoms with Crippen molar-refractivity contribution in [2.75, 3.05) is 6.61 Å². The van der Waals surface area contributed by atoms with E-state index in [0.717, 1.165) is 0 Å². The number of hydrogen-bond donors (Lipinski definition) is 3. The molecule has 0 saturated carbocycles. The molecule has 0 aliphatic rings. The monoisotopic (exact) mass is 445 g/mol. The summed E-state index contributed by atoms with van der Waals surface area (Å²) in [5.74, 6) is -1.29. The summed E-state index contributed by atoms with van der Waals surface area (Å²) in [4.78, 5) is 35.6. The molecule has 2 amide bonds. The van der Waals surface area contributed by atoms with Crippen LogP contribution in [0.1, 0.15) is 36.2 Å². The number of benzene rings is 2. The quantitative estimate of drug-likeness (QED) is 0.383. The molecule has 0 fully saturated rings. The van der Waals surface area contributed by atoms with Crippen molar-refractivity contribution in [1.29, 1.82) is 0 Å². The Hall–Kier alpha value is -3.39. The molecule has 0 bridgehead atoms. The van der Waals surface area contributed by atoms with Crippen LogP contribution >= 0.6 is 11.6 Å². The molecule has 0 heterocycles. The van der Waals surface area contributed by atoms with E-state index in [2.05, 4.69) is 15.8 Å². The lowest BCUT2D eigenvalue weighted by atomic mass is 10.0. The zero-order valence-electron chi connectivity index (χ0n) is 17.2. The van der Waals surface area contributed by atoms with Gasteiger partial charge in [0.05, 0.1) is 11.8 Å². The van der Waals surface area contributed by atoms with Gasteiger partial charge in [-0.15, -0.1) is 0 Å². The zero-order valence-corrected chi connectivity index (χ0v) is 17.9. The van der Waals surface area contributed by atoms with Crippen LogP contribution in [0.25, 0.3) is 0 Å². The molecule has 0 radical (unpaired) electrons. The van der Waals surface area contributed by atoms with Crippen molar-refractivity contribution in [2.24, 2.45) is 11.0 Å². The Balaban J connectivity index is 1.90. The van der Waals surface area contributed by atoms with Crippen LogP contribution in [0.2, 0.25) is 5.02 Å². The van der Waals surface area contributed by atoms with Crippen molar-refractivity contribution in [3.63, 3.8) is 0 Å². The predicted octanol–water partition coefficient (Wildman–Crippen LogP) is 3.10. The van der Waals surface area contributed by atoms with Crippen molar-refractivity contribution in [3.8, 4) is 5.75 Å². The third kappa shape index (κ3) is 8.47. The van der Waals surface area contributed by atoms with Crippen LogP contribution in [-0.2, 0) is 9.59 Å². The summed E-state index contributed by atoms with van der Waals surface area (Å²) < 4.78 is 5.40. The molecule has 0 aromatic heterocycles. The number of hydrogen-bond acceptors (Lipinski definition) is 5. The van der Waals surface area contributed by atoms with Crippen LogP contribution in [0.15, 0.2) is 53.6 Å². The first-order valence-electron chi connectivity index (χ1n) is 9.58. The highest BCUT2D eigenvalue weighted by Crippen LogP contribution is 2.15. The Morgan fingerprint density at radius 3 is 2.32 bits per heavy atom. The van der Waals surface area contributed by atoms with E-state index in [9.17, 15) is 14.4 Å². The molecule has 1 atom stereocenters. The number of ether oxygens (including phenoxy) is 1. The minimum Gasteiger partial charge on any atom is -0.484 e. The standard InChI is InChI=1S/C22H24ClN3O5/c1-14(2)11-19(25-20(27)13-31-18-9-7-17(23)8-10-18)21(28)26-24-12-15-3-5-16(6-4-15)22(29)30/h3-10,12,14,19H,11,13H2,1-2H3,(H,25,27)(H,26,28)(H,29,30)/b24-12-/t19-/m1/s1. The number of nitrogens with one attached hydrogen (secondary N) is 2. The van der Waals surface area contributed by atoms with Gasteiger partial charge in [0, 0.05) is 5.02 Å². The average molecular weight is 446 g/mol. The van der Waals surface area contributed by atoms with Crippen molar-refractivity contribution >= 4 is 35.6 Å². The summed E-state index contributed by atoms with van der Waals surface area (Å²) >= 11 is 5.81. The molecule has 0 aliphatic heterocycles. The molecule has 2 aromatic rings. The normalized spacial score (nSPS) is 11.9. The van der Waals surface area contributed by atoms with E-state index >= 15 is 0 Å². The van der Waals surface area contributed by atoms with E-state index < -0.39 is 23.8 Å². The molecular formula is C22H24ClN3O5. The first-order valence-corrected chi connectivity index (χ1v) is 9.96. The molecule has 2 rings (SSSR count). The molecule has 0 saturated heterocycles. The van der Waals surface area contributed by atoms with E-state index in [-0.39, 0.29) is 18.1 Å². The Kier molecular flexibility index (Phi) is 9.02. The van der Waals surface area contributed by atoms with Gasteiger partial charge in [0.25, 0.3) is 11.8 Å². The summed E-state index contributed by atoms with van der Waals surface area (Å²) in [7, 11) is 0. The van der Waals surface area contributed by atoms with Crippen molar-refractivity contribution in [3.05, 3.63) is 64.7 Å². The summed E-state index contributed by atoms with van der Waals surface area (Å²) in [5, 5.41) is 16.0. The van der Waals surface area contributed by atoms with E-state index in [1.165, 1.54) is 18.3 Å². The average Bonchev–Trinajstić information content (AvgIpc) is 2.73. The lowest BCUT2D eigenvalue weighted by Crippen LogP contribution is -2.47. The van der Waals surface area contributed by atoms with Crippen LogP contribution in [0.3, 0.4) is 0 Å². The van der Waals surface area contributed by atoms with Crippen molar-refractivity contribution < 1.29 is 24.2 Å². The number of carbonyl (C=O) groups excluding carboxylic acids is 2. The third-order valence-corrected chi connectivity index (χ3v) is 4.34. The number of nitrogens with zero attached hydrogens (tertiary/aromatic N) is 1. The van der Waals surface area contributed by atoms with Crippen LogP contribution in [-0.4, -0.2) is 41.8 Å². The van der Waals surface area contributed by atoms with Gasteiger partial charge in [-0.3, -0.25) is 9.59 Å². The highest BCUT2D eigenvalue weighted by Gasteiger charge is 2.22. The minimum absolute atomic E-state index is 0.153. The molecule has 0 spiro atoms. The van der Waals surface area contributed by atoms with Gasteiger partial charge in [-0.25, -0.2) is 10.2 Å². The van der Waals surface area contributed by atoms with Gasteiger partial charge in [0.1, 0.15) is 11.8 Å². The SMILES string of the molecule is CC(C)C[C@@H](NC(=O)COc1ccc(Cl)cc1)C(=O)N/N=C\c1ccc(C(=O)O)cc1. The zero-order chi connectivity index (χ0) is 22.8. The number of carboxylic acids is 1. The number of halogens is 1. The lowest BCUT2D eigenvalue weighted by Gasteiger charge is -2.19. The molecule has 0 unspecified atom stereocenters. The topological polar surface area (TPSA) is 117 Å². The van der Waals surface area contributed by atoms with Gasteiger partial charge >= 0.3 is 5.97 Å². The second-order valence-corrected chi connectivity index (χ2v) is 7.59. The predicted molar refractivity (Wildman–Crippen MR) is 117 cm³/mol. The Labute approximate surface area is 185 Å². The van der Waals surface area contributed by atoms with E-state index in [1.54, 1.807) is 36.4 Å². The van der Waals surface area contributed by atoms with E-state index in [1.807, 2.05) is 13.8 Å². The summed E-state index contributed by atoms with van der Waals surface area (Å²) in [6.07, 6.45) is 1.81. The molecule has 3 N–H and O–H groups in total. The Bertz CT molecular complexity index is 927. The highest BCUT2D eigenvalue weighted by molar-refractivity contribution is 6.30. The van der Waals surface area contributed by atoms with E-state index in [4.69, 9.17) is 21.4 Å². The fraction of sp³-hybridized carbons (Fsp3) is 0.273. The molecule has 9 heteroatoms. The van der Waals surface area contributed by atoms with Gasteiger partial charge in [0.2, 0.25) is 0 Å². The maximum absolute atomic E-state index is 12.5. The molecule has 8 nitrogen and oxygen atoms in total. The van der Waals surface area contributed by atoms with Crippen LogP contribution in [0.5, 0.6) is 5.75 Å². The van der Waals surface area contributed by atoms with E-state index in [0.29, 0.717) is 22.8 Å². The highest BCUT2D eigenvalue weighted by atomic mass is 35.5. The summed E-state index contributed by atoms with van der Waals surface area (Å²) in [6.45, 7) is 3.62. The van der Waals surface area contributed by atoms with Crippen molar-refractivity contribution in [2.45, 2.75) is 26.3 Å². The van der Waals surface area contributed by atoms with Crippen LogP contribution in [0, 0.1) is 5.92 Å². The molecule has 0 aliphatic carbocycles. The first-order chi connectivity index (χ1) is 14.7. The van der Waals surface area contributed by atoms with Crippen LogP contribution < -0.4 is 15.5 Å². The van der Waals surface area contributed by atoms with Gasteiger partial charge in [-0.1, -0.05) is 37.6 Å². The molecular weight excluding hydrogens is 422 g/mol. The van der Waals surface area contributed by atoms with Gasteiger partial charge in [-0.2, -0.15) is 5.10 Å². The summed E-state index contributed by atoms with van der Waals surface area (Å²) in [5.41, 5.74) is 3.17. The fourth-order valence-corrected chi connectivity index (χ4v) is 2.70. The smallest absolute Gasteiger partial charge is 0.335 e. The fourth-order valence-electron chi connectivity index (χ4n) is 2.58. The second-order valence-electron chi connectivity index (χ2n) is 7.15. The minimum atomic E-state index is -1.02. The number of carbonyl (C=O) groups is 3. The summed E-state index contributed by atoms with van der Waals surface area (Å²) in [6, 6.07) is 11.8. The molecule has 164 valence electrons. The number of aromatic carboxylic acids is 1. The molecule has 31 heavy (non-hydrogen) atoms. The van der Waals surface area contributed by atoms with Gasteiger partial charge in [0.15, 0.2) is 6.61 Å². The van der Waals surface area contributed by atoms with Crippen LogP contribution in [0.4, 0.5) is 0 Å². The number of hydrazone groups is 1. The van der Waals surface area contributed by atoms with Gasteiger partial charge < -0.3 is 15.2 Å². The van der Waals surface area contributed by atoms with Crippen molar-refractivity contribution in [1.82, 2.24) is 10.7 Å². The number of rotatable bonds is 10. The number of amides is 2. The number of carboxylic acid groups (broad SMARTS) is 1. The lowest BCUT2D eigenvalue weighted by molar-refractivity contribution is -0.130. The maximum Gasteiger partial charge on any atom is 0.335 e.